The molecule has 3 aromatic carbocycles. The minimum absolute atomic E-state index is 0.0772. The van der Waals surface area contributed by atoms with Crippen LogP contribution >= 0.6 is 0 Å². The number of fused-ring (bicyclic) bond motifs is 1. The van der Waals surface area contributed by atoms with E-state index >= 15 is 0 Å². The number of rotatable bonds is 7. The highest BCUT2D eigenvalue weighted by Gasteiger charge is 2.29. The first kappa shape index (κ1) is 32.9. The fraction of sp³-hybridized carbons (Fsp3) is 0.323. The minimum Gasteiger partial charge on any atom is -0.322 e. The lowest BCUT2D eigenvalue weighted by atomic mass is 9.92. The largest absolute Gasteiger partial charge is 0.332 e. The molecule has 13 nitrogen and oxygen atoms in total. The maximum absolute atomic E-state index is 13.2. The zero-order valence-electron chi connectivity index (χ0n) is 26.0. The van der Waals surface area contributed by atoms with Gasteiger partial charge in [-0.25, -0.2) is 27.4 Å². The Morgan fingerprint density at radius 1 is 0.935 bits per heavy atom. The quantitative estimate of drug-likeness (QED) is 0.267. The lowest BCUT2D eigenvalue weighted by Crippen LogP contribution is -2.51. The zero-order valence-corrected chi connectivity index (χ0v) is 27.7. The first-order valence-electron chi connectivity index (χ1n) is 14.6. The lowest BCUT2D eigenvalue weighted by molar-refractivity contribution is 0.207. The molecular weight excluding hydrogens is 631 g/mol. The van der Waals surface area contributed by atoms with E-state index < -0.39 is 32.1 Å². The van der Waals surface area contributed by atoms with Gasteiger partial charge in [-0.15, -0.1) is 0 Å². The molecule has 15 heteroatoms. The van der Waals surface area contributed by atoms with E-state index in [1.165, 1.54) is 11.9 Å². The summed E-state index contributed by atoms with van der Waals surface area (Å²) >= 11 is 0. The van der Waals surface area contributed by atoms with Crippen LogP contribution in [0.4, 0.5) is 21.1 Å². The molecule has 0 bridgehead atoms. The number of nitrogens with zero attached hydrogens (tertiary/aromatic N) is 4. The first-order valence-corrected chi connectivity index (χ1v) is 17.9. The molecular formula is C31H37N7O6S2. The second-order valence-electron chi connectivity index (χ2n) is 12.2. The van der Waals surface area contributed by atoms with E-state index in [2.05, 4.69) is 10.6 Å². The van der Waals surface area contributed by atoms with E-state index in [-0.39, 0.29) is 36.6 Å². The summed E-state index contributed by atoms with van der Waals surface area (Å²) in [5, 5.41) is 12.5. The van der Waals surface area contributed by atoms with E-state index in [9.17, 15) is 26.4 Å². The minimum atomic E-state index is -4.24. The fourth-order valence-corrected chi connectivity index (χ4v) is 6.96. The molecule has 1 fully saturated rings. The summed E-state index contributed by atoms with van der Waals surface area (Å²) in [5.74, 6) is -0.0128. The molecule has 46 heavy (non-hydrogen) atoms. The molecule has 0 aliphatic carbocycles. The molecule has 3 N–H and O–H groups in total. The standard InChI is InChI=1S/C31H37N7O6S2/c1-31(2,3)27-20-28(33-29(39)32-26-14-8-11-23-10-5-6-13-25(23)26)38(34-27)24-12-7-9-22(19-24)21-36(4)46(43,44)35-30(40)37-15-17-45(41,42)18-16-37/h5-14,19-20H,15-18,21H2,1-4H3,(H,35,40)(H2,32,33,39). The van der Waals surface area contributed by atoms with E-state index in [4.69, 9.17) is 5.10 Å². The molecule has 1 saturated heterocycles. The van der Waals surface area contributed by atoms with Crippen molar-refractivity contribution in [2.45, 2.75) is 32.7 Å². The van der Waals surface area contributed by atoms with Gasteiger partial charge in [0.25, 0.3) is 0 Å². The number of urea groups is 2. The van der Waals surface area contributed by atoms with Crippen LogP contribution < -0.4 is 15.4 Å². The van der Waals surface area contributed by atoms with Crippen molar-refractivity contribution in [1.82, 2.24) is 23.7 Å². The van der Waals surface area contributed by atoms with Gasteiger partial charge in [-0.05, 0) is 29.1 Å². The number of carbonyl (C=O) groups is 2. The van der Waals surface area contributed by atoms with Crippen LogP contribution in [0.3, 0.4) is 0 Å². The van der Waals surface area contributed by atoms with Crippen LogP contribution in [0.15, 0.2) is 72.8 Å². The van der Waals surface area contributed by atoms with Crippen molar-refractivity contribution in [3.05, 3.63) is 84.1 Å². The number of hydrogen-bond donors (Lipinski definition) is 3. The van der Waals surface area contributed by atoms with Crippen LogP contribution in [0.25, 0.3) is 16.5 Å². The maximum Gasteiger partial charge on any atom is 0.332 e. The highest BCUT2D eigenvalue weighted by Crippen LogP contribution is 2.28. The van der Waals surface area contributed by atoms with E-state index in [1.54, 1.807) is 35.0 Å². The zero-order chi connectivity index (χ0) is 33.3. The smallest absolute Gasteiger partial charge is 0.322 e. The number of amides is 4. The van der Waals surface area contributed by atoms with Crippen LogP contribution in [-0.2, 0) is 32.0 Å². The average Bonchev–Trinajstić information content (AvgIpc) is 3.41. The summed E-state index contributed by atoms with van der Waals surface area (Å²) < 4.78 is 53.9. The van der Waals surface area contributed by atoms with Crippen molar-refractivity contribution in [2.24, 2.45) is 0 Å². The lowest BCUT2D eigenvalue weighted by Gasteiger charge is -2.27. The number of anilines is 2. The number of hydrogen-bond acceptors (Lipinski definition) is 7. The Morgan fingerprint density at radius 2 is 1.61 bits per heavy atom. The second kappa shape index (κ2) is 12.7. The normalized spacial score (nSPS) is 15.1. The third-order valence-corrected chi connectivity index (χ3v) is 10.6. The second-order valence-corrected chi connectivity index (χ2v) is 16.2. The molecule has 1 aliphatic heterocycles. The fourth-order valence-electron chi connectivity index (χ4n) is 4.93. The van der Waals surface area contributed by atoms with Crippen molar-refractivity contribution >= 4 is 54.4 Å². The Labute approximate surface area is 268 Å². The van der Waals surface area contributed by atoms with Crippen LogP contribution in [0.2, 0.25) is 0 Å². The molecule has 4 aromatic rings. The molecule has 5 rings (SSSR count). The summed E-state index contributed by atoms with van der Waals surface area (Å²) in [7, 11) is -6.14. The van der Waals surface area contributed by atoms with Crippen molar-refractivity contribution in [3.63, 3.8) is 0 Å². The summed E-state index contributed by atoms with van der Waals surface area (Å²) in [4.78, 5) is 27.0. The Hall–Kier alpha value is -4.47. The van der Waals surface area contributed by atoms with E-state index in [0.29, 0.717) is 22.8 Å². The van der Waals surface area contributed by atoms with Gasteiger partial charge < -0.3 is 10.2 Å². The van der Waals surface area contributed by atoms with Gasteiger partial charge in [-0.3, -0.25) is 5.32 Å². The molecule has 4 amide bonds. The van der Waals surface area contributed by atoms with Gasteiger partial charge in [-0.1, -0.05) is 69.3 Å². The summed E-state index contributed by atoms with van der Waals surface area (Å²) in [6, 6.07) is 20.9. The number of nitrogens with one attached hydrogen (secondary N) is 3. The van der Waals surface area contributed by atoms with Crippen LogP contribution in [-0.4, -0.2) is 79.5 Å². The third-order valence-electron chi connectivity index (χ3n) is 7.58. The van der Waals surface area contributed by atoms with Gasteiger partial charge in [0.2, 0.25) is 0 Å². The molecule has 0 unspecified atom stereocenters. The van der Waals surface area contributed by atoms with Gasteiger partial charge in [0.15, 0.2) is 9.84 Å². The van der Waals surface area contributed by atoms with Gasteiger partial charge in [0.05, 0.1) is 28.6 Å². The van der Waals surface area contributed by atoms with Gasteiger partial charge >= 0.3 is 22.3 Å². The summed E-state index contributed by atoms with van der Waals surface area (Å²) in [5.41, 5.74) is 2.22. The molecule has 1 aliphatic rings. The van der Waals surface area contributed by atoms with Crippen molar-refractivity contribution < 1.29 is 26.4 Å². The van der Waals surface area contributed by atoms with Crippen LogP contribution in [0.5, 0.6) is 0 Å². The van der Waals surface area contributed by atoms with Gasteiger partial charge in [0.1, 0.15) is 5.82 Å². The summed E-state index contributed by atoms with van der Waals surface area (Å²) in [6.07, 6.45) is 0. The Bertz CT molecular complexity index is 1980. The van der Waals surface area contributed by atoms with Crippen LogP contribution in [0, 0.1) is 0 Å². The number of benzene rings is 3. The monoisotopic (exact) mass is 667 g/mol. The SMILES string of the molecule is CN(Cc1cccc(-n2nc(C(C)(C)C)cc2NC(=O)Nc2cccc3ccccc23)c1)S(=O)(=O)NC(=O)N1CCS(=O)(=O)CC1. The van der Waals surface area contributed by atoms with Crippen molar-refractivity contribution in [3.8, 4) is 5.69 Å². The highest BCUT2D eigenvalue weighted by atomic mass is 32.2. The topological polar surface area (TPSA) is 163 Å². The first-order chi connectivity index (χ1) is 21.6. The molecule has 244 valence electrons. The average molecular weight is 668 g/mol. The molecule has 2 heterocycles. The summed E-state index contributed by atoms with van der Waals surface area (Å²) in [6.45, 7) is 5.79. The predicted octanol–water partition coefficient (Wildman–Crippen LogP) is 4.08. The van der Waals surface area contributed by atoms with Crippen molar-refractivity contribution in [2.75, 3.05) is 42.3 Å². The number of sulfone groups is 1. The van der Waals surface area contributed by atoms with Gasteiger partial charge in [-0.2, -0.15) is 17.8 Å². The maximum atomic E-state index is 13.2. The predicted molar refractivity (Wildman–Crippen MR) is 178 cm³/mol. The molecule has 0 radical (unpaired) electrons. The third kappa shape index (κ3) is 7.66. The van der Waals surface area contributed by atoms with Gasteiger partial charge in [0, 0.05) is 43.5 Å². The molecule has 1 aromatic heterocycles. The van der Waals surface area contributed by atoms with Crippen LogP contribution in [0.1, 0.15) is 32.0 Å². The highest BCUT2D eigenvalue weighted by molar-refractivity contribution is 7.91. The number of carbonyl (C=O) groups excluding carboxylic acids is 2. The Balaban J connectivity index is 1.33. The van der Waals surface area contributed by atoms with Crippen molar-refractivity contribution in [1.29, 1.82) is 0 Å². The molecule has 0 spiro atoms. The van der Waals surface area contributed by atoms with E-state index in [1.807, 2.05) is 68.0 Å². The number of aromatic nitrogens is 2. The Morgan fingerprint density at radius 3 is 2.33 bits per heavy atom. The van der Waals surface area contributed by atoms with E-state index in [0.717, 1.165) is 20.8 Å². The molecule has 0 saturated carbocycles. The molecule has 0 atom stereocenters. The Kier molecular flexibility index (Phi) is 9.11.